The summed E-state index contributed by atoms with van der Waals surface area (Å²) in [7, 11) is 0. The standard InChI is InChI=1S/C23H32N6O6S/c1-12(20(31)29-18(23(34)35)10-19(25)30)27-22(33)17(28-21(32)15(24)7-8-36-2)9-13-11-26-16-6-4-3-5-14(13)16/h3-6,11-12,15,17-18,26H,7-10,24H2,1-2H3,(H2,25,30)(H,27,33)(H,28,32)(H,29,31)(H,34,35). The molecule has 1 heterocycles. The number of primary amides is 1. The van der Waals surface area contributed by atoms with E-state index >= 15 is 0 Å². The van der Waals surface area contributed by atoms with E-state index in [-0.39, 0.29) is 6.42 Å². The number of hydrogen-bond acceptors (Lipinski definition) is 7. The summed E-state index contributed by atoms with van der Waals surface area (Å²) in [6.45, 7) is 1.35. The predicted molar refractivity (Wildman–Crippen MR) is 136 cm³/mol. The molecule has 0 saturated heterocycles. The number of rotatable bonds is 14. The van der Waals surface area contributed by atoms with Crippen LogP contribution in [0.25, 0.3) is 10.9 Å². The van der Waals surface area contributed by atoms with Gasteiger partial charge in [0.1, 0.15) is 18.1 Å². The number of para-hydroxylation sites is 1. The molecule has 13 heteroatoms. The Morgan fingerprint density at radius 3 is 2.33 bits per heavy atom. The van der Waals surface area contributed by atoms with Crippen LogP contribution in [-0.4, -0.2) is 75.9 Å². The third kappa shape index (κ3) is 8.27. The zero-order valence-electron chi connectivity index (χ0n) is 20.1. The van der Waals surface area contributed by atoms with Gasteiger partial charge in [0.2, 0.25) is 23.6 Å². The molecule has 9 N–H and O–H groups in total. The first-order chi connectivity index (χ1) is 17.0. The number of fused-ring (bicyclic) bond motifs is 1. The van der Waals surface area contributed by atoms with Crippen LogP contribution in [0.15, 0.2) is 30.5 Å². The molecular weight excluding hydrogens is 488 g/mol. The lowest BCUT2D eigenvalue weighted by Crippen LogP contribution is -2.57. The van der Waals surface area contributed by atoms with Crippen molar-refractivity contribution < 1.29 is 29.1 Å². The van der Waals surface area contributed by atoms with Gasteiger partial charge in [-0.05, 0) is 37.0 Å². The number of carbonyl (C=O) groups excluding carboxylic acids is 4. The number of aliphatic carboxylic acids is 1. The van der Waals surface area contributed by atoms with Crippen LogP contribution in [0.2, 0.25) is 0 Å². The smallest absolute Gasteiger partial charge is 0.326 e. The van der Waals surface area contributed by atoms with Gasteiger partial charge in [-0.15, -0.1) is 0 Å². The first-order valence-electron chi connectivity index (χ1n) is 11.2. The molecule has 0 bridgehead atoms. The highest BCUT2D eigenvalue weighted by Crippen LogP contribution is 2.19. The SMILES string of the molecule is CSCCC(N)C(=O)NC(Cc1c[nH]c2ccccc12)C(=O)NC(C)C(=O)NC(CC(N)=O)C(=O)O. The van der Waals surface area contributed by atoms with Crippen molar-refractivity contribution in [2.45, 2.75) is 50.4 Å². The van der Waals surface area contributed by atoms with Gasteiger partial charge in [0.25, 0.3) is 0 Å². The first kappa shape index (κ1) is 28.7. The molecule has 196 valence electrons. The maximum atomic E-state index is 13.1. The molecule has 0 aliphatic rings. The van der Waals surface area contributed by atoms with Crippen LogP contribution >= 0.6 is 11.8 Å². The summed E-state index contributed by atoms with van der Waals surface area (Å²) in [5.41, 5.74) is 12.6. The van der Waals surface area contributed by atoms with Crippen LogP contribution in [0.4, 0.5) is 0 Å². The molecule has 0 spiro atoms. The molecule has 36 heavy (non-hydrogen) atoms. The van der Waals surface area contributed by atoms with Gasteiger partial charge in [-0.1, -0.05) is 18.2 Å². The Balaban J connectivity index is 2.17. The van der Waals surface area contributed by atoms with Crippen molar-refractivity contribution in [2.24, 2.45) is 11.5 Å². The van der Waals surface area contributed by atoms with E-state index in [4.69, 9.17) is 11.5 Å². The molecule has 0 aliphatic carbocycles. The highest BCUT2D eigenvalue weighted by Gasteiger charge is 2.29. The zero-order chi connectivity index (χ0) is 26.8. The largest absolute Gasteiger partial charge is 0.480 e. The Hall–Kier alpha value is -3.58. The van der Waals surface area contributed by atoms with Gasteiger partial charge in [0, 0.05) is 23.5 Å². The Labute approximate surface area is 212 Å². The van der Waals surface area contributed by atoms with E-state index in [0.717, 1.165) is 16.5 Å². The van der Waals surface area contributed by atoms with Gasteiger partial charge in [0.15, 0.2) is 0 Å². The summed E-state index contributed by atoms with van der Waals surface area (Å²) in [6.07, 6.45) is 3.56. The summed E-state index contributed by atoms with van der Waals surface area (Å²) < 4.78 is 0. The summed E-state index contributed by atoms with van der Waals surface area (Å²) >= 11 is 1.54. The number of nitrogens with one attached hydrogen (secondary N) is 4. The van der Waals surface area contributed by atoms with Gasteiger partial charge in [-0.2, -0.15) is 11.8 Å². The number of hydrogen-bond donors (Lipinski definition) is 7. The van der Waals surface area contributed by atoms with Gasteiger partial charge < -0.3 is 37.5 Å². The van der Waals surface area contributed by atoms with E-state index in [2.05, 4.69) is 20.9 Å². The molecule has 1 aromatic carbocycles. The van der Waals surface area contributed by atoms with Gasteiger partial charge >= 0.3 is 5.97 Å². The minimum atomic E-state index is -1.54. The minimum absolute atomic E-state index is 0.116. The Bertz CT molecular complexity index is 1110. The van der Waals surface area contributed by atoms with Crippen molar-refractivity contribution in [3.63, 3.8) is 0 Å². The molecule has 2 rings (SSSR count). The van der Waals surface area contributed by atoms with E-state index in [1.807, 2.05) is 30.5 Å². The van der Waals surface area contributed by atoms with Crippen LogP contribution in [-0.2, 0) is 30.4 Å². The highest BCUT2D eigenvalue weighted by atomic mass is 32.2. The van der Waals surface area contributed by atoms with E-state index in [0.29, 0.717) is 12.2 Å². The number of carboxylic acid groups (broad SMARTS) is 1. The fraction of sp³-hybridized carbons (Fsp3) is 0.435. The van der Waals surface area contributed by atoms with Gasteiger partial charge in [-0.3, -0.25) is 19.2 Å². The average Bonchev–Trinajstić information content (AvgIpc) is 3.23. The minimum Gasteiger partial charge on any atom is -0.480 e. The number of benzene rings is 1. The molecule has 0 radical (unpaired) electrons. The van der Waals surface area contributed by atoms with Crippen LogP contribution in [0.3, 0.4) is 0 Å². The number of thioether (sulfide) groups is 1. The molecule has 2 aromatic rings. The van der Waals surface area contributed by atoms with Crippen molar-refractivity contribution in [1.82, 2.24) is 20.9 Å². The Morgan fingerprint density at radius 1 is 1.03 bits per heavy atom. The average molecular weight is 521 g/mol. The van der Waals surface area contributed by atoms with Crippen molar-refractivity contribution in [3.8, 4) is 0 Å². The number of amides is 4. The maximum absolute atomic E-state index is 13.1. The summed E-state index contributed by atoms with van der Waals surface area (Å²) in [4.78, 5) is 63.8. The number of H-pyrrole nitrogens is 1. The fourth-order valence-electron chi connectivity index (χ4n) is 3.46. The normalized spacial score (nSPS) is 14.3. The van der Waals surface area contributed by atoms with Crippen LogP contribution < -0.4 is 27.4 Å². The van der Waals surface area contributed by atoms with Crippen molar-refractivity contribution >= 4 is 52.3 Å². The van der Waals surface area contributed by atoms with Crippen molar-refractivity contribution in [3.05, 3.63) is 36.0 Å². The summed E-state index contributed by atoms with van der Waals surface area (Å²) in [6, 6.07) is 2.89. The molecule has 1 aromatic heterocycles. The summed E-state index contributed by atoms with van der Waals surface area (Å²) in [5.74, 6) is -3.67. The fourth-order valence-corrected chi connectivity index (χ4v) is 3.95. The highest BCUT2D eigenvalue weighted by molar-refractivity contribution is 7.98. The van der Waals surface area contributed by atoms with Crippen molar-refractivity contribution in [1.29, 1.82) is 0 Å². The van der Waals surface area contributed by atoms with Crippen molar-refractivity contribution in [2.75, 3.05) is 12.0 Å². The third-order valence-electron chi connectivity index (χ3n) is 5.47. The van der Waals surface area contributed by atoms with Crippen LogP contribution in [0.1, 0.15) is 25.3 Å². The lowest BCUT2D eigenvalue weighted by atomic mass is 10.0. The lowest BCUT2D eigenvalue weighted by molar-refractivity contribution is -0.143. The second-order valence-corrected chi connectivity index (χ2v) is 9.30. The van der Waals surface area contributed by atoms with Gasteiger partial charge in [-0.25, -0.2) is 4.79 Å². The van der Waals surface area contributed by atoms with Crippen LogP contribution in [0.5, 0.6) is 0 Å². The third-order valence-corrected chi connectivity index (χ3v) is 6.12. The zero-order valence-corrected chi connectivity index (χ0v) is 20.9. The number of carboxylic acids is 1. The Kier molecular flexibility index (Phi) is 10.7. The molecule has 0 aliphatic heterocycles. The quantitative estimate of drug-likeness (QED) is 0.168. The monoisotopic (exact) mass is 520 g/mol. The second-order valence-electron chi connectivity index (χ2n) is 8.31. The molecular formula is C23H32N6O6S. The van der Waals surface area contributed by atoms with E-state index in [9.17, 15) is 29.1 Å². The number of aromatic nitrogens is 1. The summed E-state index contributed by atoms with van der Waals surface area (Å²) in [5, 5.41) is 17.4. The topological polar surface area (TPSA) is 209 Å². The predicted octanol–water partition coefficient (Wildman–Crippen LogP) is -0.775. The van der Waals surface area contributed by atoms with Gasteiger partial charge in [0.05, 0.1) is 12.5 Å². The van der Waals surface area contributed by atoms with E-state index in [1.54, 1.807) is 18.0 Å². The maximum Gasteiger partial charge on any atom is 0.326 e. The molecule has 12 nitrogen and oxygen atoms in total. The molecule has 4 unspecified atom stereocenters. The number of nitrogens with two attached hydrogens (primary N) is 2. The van der Waals surface area contributed by atoms with E-state index in [1.165, 1.54) is 6.92 Å². The lowest BCUT2D eigenvalue weighted by Gasteiger charge is -2.23. The molecule has 4 atom stereocenters. The molecule has 0 fully saturated rings. The van der Waals surface area contributed by atoms with Crippen LogP contribution in [0, 0.1) is 0 Å². The van der Waals surface area contributed by atoms with E-state index < -0.39 is 60.2 Å². The number of carbonyl (C=O) groups is 5. The number of aromatic amines is 1. The first-order valence-corrected chi connectivity index (χ1v) is 12.6. The Morgan fingerprint density at radius 2 is 1.69 bits per heavy atom. The molecule has 4 amide bonds. The second kappa shape index (κ2) is 13.5. The molecule has 0 saturated carbocycles.